The molecule has 0 spiro atoms. The number of rotatable bonds is 5. The molecule has 1 heteroatoms. The lowest BCUT2D eigenvalue weighted by Crippen LogP contribution is -2.26. The lowest BCUT2D eigenvalue weighted by molar-refractivity contribution is 0.328. The molecule has 1 unspecified atom stereocenters. The largest absolute Gasteiger partial charge is 0.319 e. The van der Waals surface area contributed by atoms with Crippen molar-refractivity contribution in [3.8, 4) is 0 Å². The highest BCUT2D eigenvalue weighted by Gasteiger charge is 2.24. The van der Waals surface area contributed by atoms with E-state index >= 15 is 0 Å². The van der Waals surface area contributed by atoms with E-state index in [2.05, 4.69) is 57.4 Å². The molecule has 1 fully saturated rings. The fourth-order valence-electron chi connectivity index (χ4n) is 3.54. The molecule has 0 heterocycles. The Hall–Kier alpha value is -0.820. The summed E-state index contributed by atoms with van der Waals surface area (Å²) < 4.78 is 0. The number of hydrogen-bond donors (Lipinski definition) is 1. The Morgan fingerprint density at radius 1 is 1.10 bits per heavy atom. The molecular weight excluding hydrogens is 242 g/mol. The van der Waals surface area contributed by atoms with Crippen LogP contribution in [0.3, 0.4) is 0 Å². The Balaban J connectivity index is 2.02. The second-order valence-electron chi connectivity index (χ2n) is 7.51. The SMILES string of the molecule is CNCC(Cc1ccc(C(C)(C)C)cc1)C1CCCC1. The van der Waals surface area contributed by atoms with Crippen LogP contribution in [0.1, 0.15) is 57.6 Å². The number of benzene rings is 1. The third-order valence-electron chi connectivity index (χ3n) is 4.85. The van der Waals surface area contributed by atoms with Gasteiger partial charge in [-0.15, -0.1) is 0 Å². The number of nitrogens with one attached hydrogen (secondary N) is 1. The highest BCUT2D eigenvalue weighted by molar-refractivity contribution is 5.27. The minimum absolute atomic E-state index is 0.258. The van der Waals surface area contributed by atoms with Crippen molar-refractivity contribution in [3.05, 3.63) is 35.4 Å². The molecule has 1 aromatic rings. The first kappa shape index (κ1) is 15.6. The third-order valence-corrected chi connectivity index (χ3v) is 4.85. The minimum Gasteiger partial charge on any atom is -0.319 e. The van der Waals surface area contributed by atoms with Gasteiger partial charge in [-0.1, -0.05) is 70.7 Å². The topological polar surface area (TPSA) is 12.0 Å². The normalized spacial score (nSPS) is 18.4. The summed E-state index contributed by atoms with van der Waals surface area (Å²) in [4.78, 5) is 0. The molecule has 0 radical (unpaired) electrons. The fourth-order valence-corrected chi connectivity index (χ4v) is 3.54. The maximum Gasteiger partial charge on any atom is -0.00177 e. The van der Waals surface area contributed by atoms with Crippen molar-refractivity contribution in [3.63, 3.8) is 0 Å². The first-order chi connectivity index (χ1) is 9.50. The maximum atomic E-state index is 3.40. The van der Waals surface area contributed by atoms with Gasteiger partial charge in [0.25, 0.3) is 0 Å². The van der Waals surface area contributed by atoms with Crippen LogP contribution in [0.5, 0.6) is 0 Å². The van der Waals surface area contributed by atoms with Crippen LogP contribution in [0.2, 0.25) is 0 Å². The summed E-state index contributed by atoms with van der Waals surface area (Å²) in [5.41, 5.74) is 3.20. The van der Waals surface area contributed by atoms with E-state index in [0.717, 1.165) is 18.4 Å². The Morgan fingerprint density at radius 2 is 1.70 bits per heavy atom. The van der Waals surface area contributed by atoms with Crippen molar-refractivity contribution < 1.29 is 0 Å². The fraction of sp³-hybridized carbons (Fsp3) is 0.684. The molecule has 1 saturated carbocycles. The van der Waals surface area contributed by atoms with Gasteiger partial charge in [-0.3, -0.25) is 0 Å². The van der Waals surface area contributed by atoms with Crippen molar-refractivity contribution in [2.75, 3.05) is 13.6 Å². The van der Waals surface area contributed by atoms with Crippen LogP contribution in [0.4, 0.5) is 0 Å². The van der Waals surface area contributed by atoms with Gasteiger partial charge in [-0.05, 0) is 48.4 Å². The maximum absolute atomic E-state index is 3.40. The second kappa shape index (κ2) is 6.76. The van der Waals surface area contributed by atoms with E-state index < -0.39 is 0 Å². The average Bonchev–Trinajstić information content (AvgIpc) is 2.91. The van der Waals surface area contributed by atoms with Crippen LogP contribution in [-0.2, 0) is 11.8 Å². The summed E-state index contributed by atoms with van der Waals surface area (Å²) >= 11 is 0. The van der Waals surface area contributed by atoms with E-state index in [0.29, 0.717) is 0 Å². The zero-order valence-corrected chi connectivity index (χ0v) is 13.7. The van der Waals surface area contributed by atoms with E-state index in [1.807, 2.05) is 0 Å². The van der Waals surface area contributed by atoms with Gasteiger partial charge < -0.3 is 5.32 Å². The molecule has 1 nitrogen and oxygen atoms in total. The lowest BCUT2D eigenvalue weighted by Gasteiger charge is -2.24. The molecule has 0 saturated heterocycles. The van der Waals surface area contributed by atoms with Crippen LogP contribution >= 0.6 is 0 Å². The van der Waals surface area contributed by atoms with Crippen LogP contribution in [0, 0.1) is 11.8 Å². The highest BCUT2D eigenvalue weighted by Crippen LogP contribution is 2.33. The monoisotopic (exact) mass is 273 g/mol. The summed E-state index contributed by atoms with van der Waals surface area (Å²) in [6, 6.07) is 9.33. The Morgan fingerprint density at radius 3 is 2.20 bits per heavy atom. The van der Waals surface area contributed by atoms with Gasteiger partial charge in [0, 0.05) is 0 Å². The smallest absolute Gasteiger partial charge is 0.00177 e. The van der Waals surface area contributed by atoms with Crippen LogP contribution in [-0.4, -0.2) is 13.6 Å². The molecule has 0 aromatic heterocycles. The average molecular weight is 273 g/mol. The molecule has 20 heavy (non-hydrogen) atoms. The van der Waals surface area contributed by atoms with Gasteiger partial charge in [0.15, 0.2) is 0 Å². The Kier molecular flexibility index (Phi) is 5.26. The van der Waals surface area contributed by atoms with Crippen LogP contribution in [0.25, 0.3) is 0 Å². The summed E-state index contributed by atoms with van der Waals surface area (Å²) in [5, 5.41) is 3.40. The molecule has 112 valence electrons. The third kappa shape index (κ3) is 4.09. The van der Waals surface area contributed by atoms with Gasteiger partial charge in [0.1, 0.15) is 0 Å². The van der Waals surface area contributed by atoms with E-state index in [1.165, 1.54) is 43.2 Å². The highest BCUT2D eigenvalue weighted by atomic mass is 14.8. The van der Waals surface area contributed by atoms with Crippen LogP contribution in [0.15, 0.2) is 24.3 Å². The Labute approximate surface area is 125 Å². The molecule has 1 N–H and O–H groups in total. The van der Waals surface area contributed by atoms with E-state index in [-0.39, 0.29) is 5.41 Å². The Bertz CT molecular complexity index is 393. The molecular formula is C19H31N. The van der Waals surface area contributed by atoms with Crippen molar-refractivity contribution in [2.45, 2.75) is 58.3 Å². The predicted molar refractivity (Wildman–Crippen MR) is 88.2 cm³/mol. The van der Waals surface area contributed by atoms with Crippen molar-refractivity contribution >= 4 is 0 Å². The first-order valence-electron chi connectivity index (χ1n) is 8.24. The van der Waals surface area contributed by atoms with Gasteiger partial charge in [-0.2, -0.15) is 0 Å². The number of hydrogen-bond acceptors (Lipinski definition) is 1. The molecule has 2 rings (SSSR count). The van der Waals surface area contributed by atoms with Crippen molar-refractivity contribution in [1.29, 1.82) is 0 Å². The molecule has 0 bridgehead atoms. The van der Waals surface area contributed by atoms with Gasteiger partial charge in [0.05, 0.1) is 0 Å². The second-order valence-corrected chi connectivity index (χ2v) is 7.51. The lowest BCUT2D eigenvalue weighted by atomic mass is 9.83. The van der Waals surface area contributed by atoms with Crippen molar-refractivity contribution in [1.82, 2.24) is 5.32 Å². The van der Waals surface area contributed by atoms with Crippen LogP contribution < -0.4 is 5.32 Å². The summed E-state index contributed by atoms with van der Waals surface area (Å²) in [7, 11) is 2.09. The van der Waals surface area contributed by atoms with E-state index in [9.17, 15) is 0 Å². The predicted octanol–water partition coefficient (Wildman–Crippen LogP) is 4.55. The van der Waals surface area contributed by atoms with E-state index in [4.69, 9.17) is 0 Å². The molecule has 0 aliphatic heterocycles. The molecule has 1 aliphatic carbocycles. The quantitative estimate of drug-likeness (QED) is 0.829. The summed E-state index contributed by atoms with van der Waals surface area (Å²) in [6.45, 7) is 8.00. The molecule has 0 amide bonds. The minimum atomic E-state index is 0.258. The summed E-state index contributed by atoms with van der Waals surface area (Å²) in [6.07, 6.45) is 6.98. The summed E-state index contributed by atoms with van der Waals surface area (Å²) in [5.74, 6) is 1.74. The van der Waals surface area contributed by atoms with Gasteiger partial charge in [-0.25, -0.2) is 0 Å². The van der Waals surface area contributed by atoms with E-state index in [1.54, 1.807) is 0 Å². The zero-order valence-electron chi connectivity index (χ0n) is 13.7. The molecule has 1 atom stereocenters. The van der Waals surface area contributed by atoms with Crippen molar-refractivity contribution in [2.24, 2.45) is 11.8 Å². The van der Waals surface area contributed by atoms with Gasteiger partial charge >= 0.3 is 0 Å². The molecule has 1 aromatic carbocycles. The zero-order chi connectivity index (χ0) is 14.6. The molecule has 1 aliphatic rings. The standard InChI is InChI=1S/C19H31N/c1-19(2,3)18-11-9-15(10-12-18)13-17(14-20-4)16-7-5-6-8-16/h9-12,16-17,20H,5-8,13-14H2,1-4H3. The first-order valence-corrected chi connectivity index (χ1v) is 8.24. The van der Waals surface area contributed by atoms with Gasteiger partial charge in [0.2, 0.25) is 0 Å².